The van der Waals surface area contributed by atoms with Gasteiger partial charge in [-0.3, -0.25) is 0 Å². The summed E-state index contributed by atoms with van der Waals surface area (Å²) in [7, 11) is 0. The number of benzene rings is 2. The highest BCUT2D eigenvalue weighted by atomic mass is 35.6. The molecule has 0 radical (unpaired) electrons. The lowest BCUT2D eigenvalue weighted by atomic mass is 10.1. The second kappa shape index (κ2) is 6.80. The predicted octanol–water partition coefficient (Wildman–Crippen LogP) is 6.48. The van der Waals surface area contributed by atoms with Crippen molar-refractivity contribution in [1.29, 1.82) is 0 Å². The molecule has 0 N–H and O–H groups in total. The molecule has 2 aromatic heterocycles. The second-order valence-corrected chi connectivity index (χ2v) is 7.83. The summed E-state index contributed by atoms with van der Waals surface area (Å²) in [6.45, 7) is 0. The Bertz CT molecular complexity index is 1040. The van der Waals surface area contributed by atoms with Gasteiger partial charge in [0.2, 0.25) is 5.89 Å². The van der Waals surface area contributed by atoms with E-state index in [4.69, 9.17) is 43.6 Å². The van der Waals surface area contributed by atoms with Gasteiger partial charge in [0.25, 0.3) is 9.68 Å². The van der Waals surface area contributed by atoms with Crippen molar-refractivity contribution in [3.63, 3.8) is 0 Å². The molecule has 0 aliphatic carbocycles. The van der Waals surface area contributed by atoms with E-state index in [9.17, 15) is 0 Å². The first-order valence-corrected chi connectivity index (χ1v) is 8.80. The molecule has 0 aliphatic heterocycles. The van der Waals surface area contributed by atoms with Crippen LogP contribution in [0.1, 0.15) is 17.2 Å². The summed E-state index contributed by atoms with van der Waals surface area (Å²) in [5, 5.41) is 8.71. The van der Waals surface area contributed by atoms with E-state index in [1.54, 1.807) is 0 Å². The molecule has 0 unspecified atom stereocenters. The van der Waals surface area contributed by atoms with E-state index < -0.39 is 3.79 Å². The van der Waals surface area contributed by atoms with Crippen molar-refractivity contribution in [2.75, 3.05) is 0 Å². The second-order valence-electron chi connectivity index (χ2n) is 5.55. The minimum Gasteiger partial charge on any atom is -0.457 e. The standard InChI is InChI=1S/C19H11Cl3N2O2/c20-19(21,22)18-24-23-17(26-18)13-8-5-12(6-9-13)7-10-15-11-14-3-1-2-4-16(14)25-15/h1-11H. The van der Waals surface area contributed by atoms with E-state index in [1.807, 2.05) is 66.7 Å². The first-order valence-electron chi connectivity index (χ1n) is 7.67. The zero-order chi connectivity index (χ0) is 18.1. The van der Waals surface area contributed by atoms with Crippen LogP contribution in [0.5, 0.6) is 0 Å². The van der Waals surface area contributed by atoms with E-state index in [-0.39, 0.29) is 5.89 Å². The van der Waals surface area contributed by atoms with Gasteiger partial charge in [-0.2, -0.15) is 0 Å². The van der Waals surface area contributed by atoms with E-state index in [0.29, 0.717) is 5.89 Å². The Balaban J connectivity index is 1.53. The van der Waals surface area contributed by atoms with Gasteiger partial charge < -0.3 is 8.83 Å². The summed E-state index contributed by atoms with van der Waals surface area (Å²) in [6, 6.07) is 17.4. The first-order chi connectivity index (χ1) is 12.5. The summed E-state index contributed by atoms with van der Waals surface area (Å²) in [5.74, 6) is 1.02. The van der Waals surface area contributed by atoms with Crippen LogP contribution in [0.2, 0.25) is 0 Å². The Kier molecular flexibility index (Phi) is 4.49. The van der Waals surface area contributed by atoms with Gasteiger partial charge >= 0.3 is 0 Å². The third kappa shape index (κ3) is 3.63. The summed E-state index contributed by atoms with van der Waals surface area (Å²) in [6.07, 6.45) is 3.88. The Labute approximate surface area is 164 Å². The molecule has 2 heterocycles. The quantitative estimate of drug-likeness (QED) is 0.366. The zero-order valence-corrected chi connectivity index (χ0v) is 15.5. The van der Waals surface area contributed by atoms with Crippen LogP contribution in [0.4, 0.5) is 0 Å². The molecule has 2 aromatic carbocycles. The van der Waals surface area contributed by atoms with Gasteiger partial charge in [-0.15, -0.1) is 10.2 Å². The molecule has 4 nitrogen and oxygen atoms in total. The summed E-state index contributed by atoms with van der Waals surface area (Å²) >= 11 is 17.2. The fraction of sp³-hybridized carbons (Fsp3) is 0.0526. The van der Waals surface area contributed by atoms with Gasteiger partial charge in [-0.05, 0) is 35.9 Å². The van der Waals surface area contributed by atoms with E-state index >= 15 is 0 Å². The Morgan fingerprint density at radius 3 is 2.31 bits per heavy atom. The molecule has 26 heavy (non-hydrogen) atoms. The molecule has 0 saturated carbocycles. The molecular formula is C19H11Cl3N2O2. The van der Waals surface area contributed by atoms with Crippen molar-refractivity contribution >= 4 is 57.9 Å². The van der Waals surface area contributed by atoms with Crippen LogP contribution in [0.3, 0.4) is 0 Å². The summed E-state index contributed by atoms with van der Waals surface area (Å²) in [4.78, 5) is 0. The van der Waals surface area contributed by atoms with Gasteiger partial charge in [0.15, 0.2) is 0 Å². The number of rotatable bonds is 3. The normalized spacial score (nSPS) is 12.3. The maximum atomic E-state index is 5.76. The number of nitrogens with zero attached hydrogens (tertiary/aromatic N) is 2. The van der Waals surface area contributed by atoms with Crippen LogP contribution in [-0.2, 0) is 3.79 Å². The van der Waals surface area contributed by atoms with Crippen LogP contribution in [-0.4, -0.2) is 10.2 Å². The van der Waals surface area contributed by atoms with Crippen molar-refractivity contribution < 1.29 is 8.83 Å². The largest absolute Gasteiger partial charge is 0.457 e. The smallest absolute Gasteiger partial charge is 0.268 e. The molecule has 0 bridgehead atoms. The number of hydrogen-bond donors (Lipinski definition) is 0. The van der Waals surface area contributed by atoms with Gasteiger partial charge in [0.05, 0.1) is 0 Å². The number of para-hydroxylation sites is 1. The molecule has 0 spiro atoms. The number of halogens is 3. The molecule has 0 atom stereocenters. The molecule has 0 amide bonds. The van der Waals surface area contributed by atoms with E-state index in [2.05, 4.69) is 10.2 Å². The van der Waals surface area contributed by atoms with Gasteiger partial charge in [0.1, 0.15) is 11.3 Å². The van der Waals surface area contributed by atoms with Crippen molar-refractivity contribution in [1.82, 2.24) is 10.2 Å². The zero-order valence-electron chi connectivity index (χ0n) is 13.2. The third-order valence-electron chi connectivity index (χ3n) is 3.71. The number of aromatic nitrogens is 2. The highest BCUT2D eigenvalue weighted by Gasteiger charge is 2.30. The van der Waals surface area contributed by atoms with Crippen molar-refractivity contribution in [2.45, 2.75) is 3.79 Å². The van der Waals surface area contributed by atoms with Gasteiger partial charge in [0, 0.05) is 10.9 Å². The fourth-order valence-corrected chi connectivity index (χ4v) is 2.68. The topological polar surface area (TPSA) is 52.1 Å². The van der Waals surface area contributed by atoms with E-state index in [1.165, 1.54) is 0 Å². The Hall–Kier alpha value is -2.27. The molecule has 7 heteroatoms. The number of fused-ring (bicyclic) bond motifs is 1. The lowest BCUT2D eigenvalue weighted by Crippen LogP contribution is -1.99. The molecule has 0 fully saturated rings. The Morgan fingerprint density at radius 1 is 0.846 bits per heavy atom. The Morgan fingerprint density at radius 2 is 1.62 bits per heavy atom. The molecule has 4 rings (SSSR count). The SMILES string of the molecule is ClC(Cl)(Cl)c1nnc(-c2ccc(C=Cc3cc4ccccc4o3)cc2)o1. The molecule has 0 aliphatic rings. The molecule has 4 aromatic rings. The van der Waals surface area contributed by atoms with Crippen molar-refractivity contribution in [2.24, 2.45) is 0 Å². The maximum Gasteiger partial charge on any atom is 0.268 e. The van der Waals surface area contributed by atoms with Gasteiger partial charge in [-0.1, -0.05) is 71.2 Å². The highest BCUT2D eigenvalue weighted by molar-refractivity contribution is 6.66. The van der Waals surface area contributed by atoms with Crippen molar-refractivity contribution in [3.8, 4) is 11.5 Å². The average molecular weight is 406 g/mol. The highest BCUT2D eigenvalue weighted by Crippen LogP contribution is 2.38. The minimum atomic E-state index is -1.74. The lowest BCUT2D eigenvalue weighted by Gasteiger charge is -2.02. The van der Waals surface area contributed by atoms with Crippen LogP contribution < -0.4 is 0 Å². The molecule has 130 valence electrons. The van der Waals surface area contributed by atoms with Gasteiger partial charge in [-0.25, -0.2) is 0 Å². The van der Waals surface area contributed by atoms with Crippen LogP contribution in [0.25, 0.3) is 34.6 Å². The maximum absolute atomic E-state index is 5.76. The number of alkyl halides is 3. The minimum absolute atomic E-state index is 0.0636. The van der Waals surface area contributed by atoms with Crippen molar-refractivity contribution in [3.05, 3.63) is 71.8 Å². The molecule has 0 saturated heterocycles. The van der Waals surface area contributed by atoms with Crippen LogP contribution in [0.15, 0.2) is 63.4 Å². The van der Waals surface area contributed by atoms with Crippen LogP contribution >= 0.6 is 34.8 Å². The fourth-order valence-electron chi connectivity index (χ4n) is 2.45. The first kappa shape index (κ1) is 17.2. The average Bonchev–Trinajstić information content (AvgIpc) is 3.27. The summed E-state index contributed by atoms with van der Waals surface area (Å²) in [5.41, 5.74) is 2.60. The third-order valence-corrected chi connectivity index (χ3v) is 4.19. The van der Waals surface area contributed by atoms with Crippen LogP contribution in [0, 0.1) is 0 Å². The predicted molar refractivity (Wildman–Crippen MR) is 104 cm³/mol. The summed E-state index contributed by atoms with van der Waals surface area (Å²) < 4.78 is 9.41. The van der Waals surface area contributed by atoms with E-state index in [0.717, 1.165) is 27.9 Å². The number of hydrogen-bond acceptors (Lipinski definition) is 4. The number of furan rings is 1. The molecular weight excluding hydrogens is 395 g/mol. The lowest BCUT2D eigenvalue weighted by molar-refractivity contribution is 0.514. The monoisotopic (exact) mass is 404 g/mol.